The van der Waals surface area contributed by atoms with E-state index in [2.05, 4.69) is 15.1 Å². The van der Waals surface area contributed by atoms with Gasteiger partial charge in [-0.05, 0) is 32.9 Å². The molecule has 0 fully saturated rings. The first kappa shape index (κ1) is 11.4. The summed E-state index contributed by atoms with van der Waals surface area (Å²) < 4.78 is 7.01. The number of nitrogens with zero attached hydrogens (tertiary/aromatic N) is 4. The van der Waals surface area contributed by atoms with Crippen LogP contribution in [0.15, 0.2) is 12.1 Å². The molecule has 0 aliphatic heterocycles. The second-order valence-corrected chi connectivity index (χ2v) is 3.61. The Hall–Kier alpha value is -2.11. The molecule has 0 aliphatic rings. The minimum absolute atomic E-state index is 0.428. The fraction of sp³-hybridized carbons (Fsp3) is 0.364. The molecule has 0 saturated heterocycles. The van der Waals surface area contributed by atoms with E-state index in [9.17, 15) is 0 Å². The van der Waals surface area contributed by atoms with Gasteiger partial charge in [-0.15, -0.1) is 5.10 Å². The third-order valence-corrected chi connectivity index (χ3v) is 2.25. The Balaban J connectivity index is 2.46. The fourth-order valence-corrected chi connectivity index (χ4v) is 1.55. The first-order chi connectivity index (χ1) is 8.11. The van der Waals surface area contributed by atoms with Crippen LogP contribution in [-0.4, -0.2) is 26.4 Å². The van der Waals surface area contributed by atoms with Gasteiger partial charge in [-0.2, -0.15) is 9.67 Å². The number of ether oxygens (including phenoxy) is 1. The van der Waals surface area contributed by atoms with Gasteiger partial charge in [0.25, 0.3) is 0 Å². The summed E-state index contributed by atoms with van der Waals surface area (Å²) in [5.74, 6) is 2.57. The molecule has 2 N–H and O–H groups in total. The quantitative estimate of drug-likeness (QED) is 0.863. The van der Waals surface area contributed by atoms with Gasteiger partial charge in [0, 0.05) is 0 Å². The summed E-state index contributed by atoms with van der Waals surface area (Å²) in [6.07, 6.45) is 0. The molecule has 2 aromatic rings. The van der Waals surface area contributed by atoms with Crippen LogP contribution in [0.4, 0.5) is 5.69 Å². The standard InChI is InChI=1S/C11H15N5O/c1-4-17-11-9(12)5-6-10(14-11)16-8(3)13-7(2)15-16/h5-6H,4,12H2,1-3H3. The highest BCUT2D eigenvalue weighted by Gasteiger charge is 2.09. The zero-order valence-electron chi connectivity index (χ0n) is 10.1. The van der Waals surface area contributed by atoms with E-state index in [1.165, 1.54) is 0 Å². The molecule has 6 nitrogen and oxygen atoms in total. The molecule has 2 heterocycles. The summed E-state index contributed by atoms with van der Waals surface area (Å²) in [6, 6.07) is 3.54. The molecule has 0 spiro atoms. The summed E-state index contributed by atoms with van der Waals surface area (Å²) in [5.41, 5.74) is 6.28. The molecular weight excluding hydrogens is 218 g/mol. The second-order valence-electron chi connectivity index (χ2n) is 3.61. The van der Waals surface area contributed by atoms with Crippen LogP contribution in [0.2, 0.25) is 0 Å². The lowest BCUT2D eigenvalue weighted by Crippen LogP contribution is -2.06. The molecule has 2 aromatic heterocycles. The summed E-state index contributed by atoms with van der Waals surface area (Å²) in [4.78, 5) is 8.54. The highest BCUT2D eigenvalue weighted by Crippen LogP contribution is 2.20. The van der Waals surface area contributed by atoms with Crippen LogP contribution in [0.25, 0.3) is 5.82 Å². The van der Waals surface area contributed by atoms with E-state index >= 15 is 0 Å². The van der Waals surface area contributed by atoms with Gasteiger partial charge < -0.3 is 10.5 Å². The molecule has 0 saturated carbocycles. The Labute approximate surface area is 99.4 Å². The van der Waals surface area contributed by atoms with Crippen molar-refractivity contribution in [3.63, 3.8) is 0 Å². The Morgan fingerprint density at radius 1 is 1.29 bits per heavy atom. The van der Waals surface area contributed by atoms with Crippen molar-refractivity contribution in [3.05, 3.63) is 23.8 Å². The van der Waals surface area contributed by atoms with Gasteiger partial charge in [-0.1, -0.05) is 0 Å². The van der Waals surface area contributed by atoms with Gasteiger partial charge >= 0.3 is 0 Å². The van der Waals surface area contributed by atoms with E-state index in [4.69, 9.17) is 10.5 Å². The molecule has 0 radical (unpaired) electrons. The van der Waals surface area contributed by atoms with E-state index in [0.29, 0.717) is 29.8 Å². The van der Waals surface area contributed by atoms with Gasteiger partial charge in [0.05, 0.1) is 12.3 Å². The Morgan fingerprint density at radius 3 is 2.65 bits per heavy atom. The average Bonchev–Trinajstić information content (AvgIpc) is 2.61. The van der Waals surface area contributed by atoms with Crippen molar-refractivity contribution in [2.45, 2.75) is 20.8 Å². The number of rotatable bonds is 3. The van der Waals surface area contributed by atoms with E-state index in [1.54, 1.807) is 16.8 Å². The minimum Gasteiger partial charge on any atom is -0.476 e. The lowest BCUT2D eigenvalue weighted by atomic mass is 10.4. The van der Waals surface area contributed by atoms with Crippen molar-refractivity contribution >= 4 is 5.69 Å². The van der Waals surface area contributed by atoms with Crippen LogP contribution in [0.5, 0.6) is 5.88 Å². The van der Waals surface area contributed by atoms with Gasteiger partial charge in [0.15, 0.2) is 5.82 Å². The molecule has 0 amide bonds. The molecule has 0 unspecified atom stereocenters. The maximum absolute atomic E-state index is 5.76. The van der Waals surface area contributed by atoms with Crippen LogP contribution in [0, 0.1) is 13.8 Å². The predicted octanol–water partition coefficient (Wildman–Crippen LogP) is 1.26. The van der Waals surface area contributed by atoms with Crippen LogP contribution in [-0.2, 0) is 0 Å². The summed E-state index contributed by atoms with van der Waals surface area (Å²) >= 11 is 0. The van der Waals surface area contributed by atoms with Crippen molar-refractivity contribution in [2.75, 3.05) is 12.3 Å². The first-order valence-corrected chi connectivity index (χ1v) is 5.41. The fourth-order valence-electron chi connectivity index (χ4n) is 1.55. The first-order valence-electron chi connectivity index (χ1n) is 5.41. The molecule has 0 aromatic carbocycles. The Morgan fingerprint density at radius 2 is 2.06 bits per heavy atom. The summed E-state index contributed by atoms with van der Waals surface area (Å²) in [5, 5.41) is 4.26. The largest absolute Gasteiger partial charge is 0.476 e. The van der Waals surface area contributed by atoms with Crippen LogP contribution in [0.3, 0.4) is 0 Å². The summed E-state index contributed by atoms with van der Waals surface area (Å²) in [7, 11) is 0. The normalized spacial score (nSPS) is 10.5. The zero-order chi connectivity index (χ0) is 12.4. The number of pyridine rings is 1. The number of nitrogens with two attached hydrogens (primary N) is 1. The number of aromatic nitrogens is 4. The van der Waals surface area contributed by atoms with Crippen LogP contribution >= 0.6 is 0 Å². The average molecular weight is 233 g/mol. The van der Waals surface area contributed by atoms with Crippen molar-refractivity contribution in [2.24, 2.45) is 0 Å². The van der Waals surface area contributed by atoms with Crippen molar-refractivity contribution in [1.82, 2.24) is 19.7 Å². The lowest BCUT2D eigenvalue weighted by Gasteiger charge is -2.08. The van der Waals surface area contributed by atoms with Gasteiger partial charge in [0.2, 0.25) is 5.88 Å². The maximum Gasteiger partial charge on any atom is 0.239 e. The lowest BCUT2D eigenvalue weighted by molar-refractivity contribution is 0.328. The molecule has 0 aliphatic carbocycles. The monoisotopic (exact) mass is 233 g/mol. The van der Waals surface area contributed by atoms with E-state index in [1.807, 2.05) is 20.8 Å². The van der Waals surface area contributed by atoms with E-state index in [0.717, 1.165) is 5.82 Å². The summed E-state index contributed by atoms with van der Waals surface area (Å²) in [6.45, 7) is 6.12. The van der Waals surface area contributed by atoms with Crippen LogP contribution < -0.4 is 10.5 Å². The highest BCUT2D eigenvalue weighted by molar-refractivity contribution is 5.50. The molecule has 17 heavy (non-hydrogen) atoms. The van der Waals surface area contributed by atoms with Crippen molar-refractivity contribution in [3.8, 4) is 11.7 Å². The van der Waals surface area contributed by atoms with E-state index in [-0.39, 0.29) is 0 Å². The maximum atomic E-state index is 5.76. The molecule has 0 bridgehead atoms. The Kier molecular flexibility index (Phi) is 2.95. The zero-order valence-corrected chi connectivity index (χ0v) is 10.1. The number of hydrogen-bond acceptors (Lipinski definition) is 5. The molecular formula is C11H15N5O. The van der Waals surface area contributed by atoms with E-state index < -0.39 is 0 Å². The molecule has 0 atom stereocenters. The Bertz CT molecular complexity index is 535. The smallest absolute Gasteiger partial charge is 0.239 e. The molecule has 2 rings (SSSR count). The highest BCUT2D eigenvalue weighted by atomic mass is 16.5. The van der Waals surface area contributed by atoms with Gasteiger partial charge in [-0.25, -0.2) is 4.98 Å². The third-order valence-electron chi connectivity index (χ3n) is 2.25. The minimum atomic E-state index is 0.428. The molecule has 6 heteroatoms. The topological polar surface area (TPSA) is 78.8 Å². The van der Waals surface area contributed by atoms with Crippen LogP contribution in [0.1, 0.15) is 18.6 Å². The number of hydrogen-bond donors (Lipinski definition) is 1. The SMILES string of the molecule is CCOc1nc(-n2nc(C)nc2C)ccc1N. The van der Waals surface area contributed by atoms with Gasteiger partial charge in [-0.3, -0.25) is 0 Å². The third kappa shape index (κ3) is 2.20. The van der Waals surface area contributed by atoms with Crippen molar-refractivity contribution < 1.29 is 4.74 Å². The second kappa shape index (κ2) is 4.40. The van der Waals surface area contributed by atoms with Gasteiger partial charge in [0.1, 0.15) is 11.6 Å². The number of aryl methyl sites for hydroxylation is 2. The number of nitrogen functional groups attached to an aromatic ring is 1. The van der Waals surface area contributed by atoms with Crippen molar-refractivity contribution in [1.29, 1.82) is 0 Å². The number of anilines is 1. The predicted molar refractivity (Wildman–Crippen MR) is 64.2 cm³/mol. The molecule has 90 valence electrons.